The summed E-state index contributed by atoms with van der Waals surface area (Å²) in [6, 6.07) is 0. The predicted octanol–water partition coefficient (Wildman–Crippen LogP) is 1.51. The molecule has 0 saturated carbocycles. The van der Waals surface area contributed by atoms with Gasteiger partial charge in [-0.3, -0.25) is 0 Å². The van der Waals surface area contributed by atoms with Crippen molar-refractivity contribution in [1.29, 1.82) is 0 Å². The van der Waals surface area contributed by atoms with E-state index in [2.05, 4.69) is 24.9 Å². The smallest absolute Gasteiger partial charge is 0.224 e. The Labute approximate surface area is 121 Å². The van der Waals surface area contributed by atoms with Crippen LogP contribution in [0.15, 0.2) is 23.5 Å². The minimum atomic E-state index is 0.0686. The predicted molar refractivity (Wildman–Crippen MR) is 84.0 cm³/mol. The molecule has 8 heteroatoms. The lowest BCUT2D eigenvalue weighted by molar-refractivity contribution is 0.821. The van der Waals surface area contributed by atoms with Crippen LogP contribution in [-0.2, 0) is 0 Å². The Bertz CT molecular complexity index is 673. The molecule has 0 bridgehead atoms. The fraction of sp³-hybridized carbons (Fsp3) is 0.250. The molecule has 7 nitrogen and oxygen atoms in total. The Morgan fingerprint density at radius 1 is 1.55 bits per heavy atom. The minimum absolute atomic E-state index is 0.0686. The highest BCUT2D eigenvalue weighted by atomic mass is 32.1. The number of aromatic amines is 1. The minimum Gasteiger partial charge on any atom is -0.393 e. The SMILES string of the molecule is CCC(/C=C\C=Nc1nc(N)nc2nc[nH]c12)C(N)=S. The first kappa shape index (κ1) is 14.1. The fourth-order valence-corrected chi connectivity index (χ4v) is 1.90. The highest BCUT2D eigenvalue weighted by Gasteiger charge is 2.06. The first-order valence-electron chi connectivity index (χ1n) is 6.08. The Balaban J connectivity index is 2.19. The van der Waals surface area contributed by atoms with Crippen LogP contribution in [-0.4, -0.2) is 31.1 Å². The lowest BCUT2D eigenvalue weighted by atomic mass is 10.1. The van der Waals surface area contributed by atoms with Crippen LogP contribution in [0, 0.1) is 5.92 Å². The summed E-state index contributed by atoms with van der Waals surface area (Å²) in [5, 5.41) is 0. The molecular formula is C12H15N7S. The van der Waals surface area contributed by atoms with Gasteiger partial charge in [0, 0.05) is 12.1 Å². The molecule has 0 saturated heterocycles. The Morgan fingerprint density at radius 2 is 2.35 bits per heavy atom. The van der Waals surface area contributed by atoms with Crippen LogP contribution in [0.2, 0.25) is 0 Å². The number of imidazole rings is 1. The van der Waals surface area contributed by atoms with Crippen molar-refractivity contribution in [3.8, 4) is 0 Å². The molecule has 2 aromatic heterocycles. The first-order chi connectivity index (χ1) is 9.61. The van der Waals surface area contributed by atoms with Crippen LogP contribution < -0.4 is 11.5 Å². The van der Waals surface area contributed by atoms with Crippen molar-refractivity contribution >= 4 is 46.4 Å². The number of aromatic nitrogens is 4. The Morgan fingerprint density at radius 3 is 3.05 bits per heavy atom. The standard InChI is InChI=1S/C12H15N7S/c1-2-7(9(13)20)4-3-5-15-10-8-11(17-6-16-8)19-12(14)18-10/h3-7H,2H2,1H3,(H2,13,20)(H3,14,16,17,18,19)/b4-3-,15-5?. The van der Waals surface area contributed by atoms with E-state index in [4.69, 9.17) is 23.7 Å². The number of nitrogens with one attached hydrogen (secondary N) is 1. The van der Waals surface area contributed by atoms with Gasteiger partial charge < -0.3 is 16.5 Å². The Kier molecular flexibility index (Phi) is 4.36. The molecule has 1 unspecified atom stereocenters. The summed E-state index contributed by atoms with van der Waals surface area (Å²) >= 11 is 4.96. The number of allylic oxidation sites excluding steroid dienone is 1. The molecule has 0 aliphatic heterocycles. The maximum atomic E-state index is 5.61. The maximum Gasteiger partial charge on any atom is 0.224 e. The van der Waals surface area contributed by atoms with Gasteiger partial charge in [-0.2, -0.15) is 9.97 Å². The molecule has 2 heterocycles. The molecule has 0 amide bonds. The lowest BCUT2D eigenvalue weighted by Crippen LogP contribution is -2.18. The molecule has 0 aromatic carbocycles. The summed E-state index contributed by atoms with van der Waals surface area (Å²) in [6.07, 6.45) is 7.68. The molecule has 0 aliphatic carbocycles. The van der Waals surface area contributed by atoms with Gasteiger partial charge >= 0.3 is 0 Å². The van der Waals surface area contributed by atoms with Crippen molar-refractivity contribution in [3.63, 3.8) is 0 Å². The molecule has 1 atom stereocenters. The molecule has 104 valence electrons. The zero-order valence-corrected chi connectivity index (χ0v) is 11.8. The molecule has 0 fully saturated rings. The highest BCUT2D eigenvalue weighted by molar-refractivity contribution is 7.80. The van der Waals surface area contributed by atoms with Gasteiger partial charge in [0.2, 0.25) is 5.95 Å². The van der Waals surface area contributed by atoms with Gasteiger partial charge in [0.25, 0.3) is 0 Å². The number of H-pyrrole nitrogens is 1. The van der Waals surface area contributed by atoms with E-state index in [1.165, 1.54) is 6.33 Å². The summed E-state index contributed by atoms with van der Waals surface area (Å²) < 4.78 is 0. The number of thiocarbonyl (C=S) groups is 1. The molecular weight excluding hydrogens is 274 g/mol. The van der Waals surface area contributed by atoms with Crippen LogP contribution >= 0.6 is 12.2 Å². The number of hydrogen-bond donors (Lipinski definition) is 3. The summed E-state index contributed by atoms with van der Waals surface area (Å²) in [4.78, 5) is 19.7. The summed E-state index contributed by atoms with van der Waals surface area (Å²) in [5.41, 5.74) is 12.3. The fourth-order valence-electron chi connectivity index (χ4n) is 1.66. The molecule has 2 rings (SSSR count). The third-order valence-corrected chi connectivity index (χ3v) is 3.02. The van der Waals surface area contributed by atoms with Gasteiger partial charge in [-0.1, -0.05) is 25.2 Å². The molecule has 0 radical (unpaired) electrons. The number of rotatable bonds is 5. The molecule has 0 aliphatic rings. The van der Waals surface area contributed by atoms with Gasteiger partial charge in [-0.15, -0.1) is 0 Å². The number of fused-ring (bicyclic) bond motifs is 1. The molecule has 0 spiro atoms. The van der Waals surface area contributed by atoms with Crippen LogP contribution in [0.25, 0.3) is 11.2 Å². The van der Waals surface area contributed by atoms with Crippen molar-refractivity contribution in [3.05, 3.63) is 18.5 Å². The van der Waals surface area contributed by atoms with Crippen molar-refractivity contribution in [2.45, 2.75) is 13.3 Å². The third-order valence-electron chi connectivity index (χ3n) is 2.72. The normalized spacial score (nSPS) is 13.4. The number of nitrogen functional groups attached to an aromatic ring is 1. The van der Waals surface area contributed by atoms with E-state index in [1.54, 1.807) is 12.3 Å². The zero-order valence-electron chi connectivity index (χ0n) is 10.9. The average Bonchev–Trinajstić information content (AvgIpc) is 2.86. The Hall–Kier alpha value is -2.35. The van der Waals surface area contributed by atoms with Gasteiger partial charge in [0.15, 0.2) is 11.5 Å². The van der Waals surface area contributed by atoms with Gasteiger partial charge in [-0.05, 0) is 12.5 Å². The van der Waals surface area contributed by atoms with Gasteiger partial charge in [0.05, 0.1) is 11.3 Å². The van der Waals surface area contributed by atoms with Crippen LogP contribution in [0.1, 0.15) is 13.3 Å². The second-order valence-electron chi connectivity index (χ2n) is 4.09. The number of hydrogen-bond acceptors (Lipinski definition) is 6. The number of nitrogens with two attached hydrogens (primary N) is 2. The highest BCUT2D eigenvalue weighted by Crippen LogP contribution is 2.19. The summed E-state index contributed by atoms with van der Waals surface area (Å²) in [7, 11) is 0. The van der Waals surface area contributed by atoms with E-state index in [-0.39, 0.29) is 11.9 Å². The zero-order chi connectivity index (χ0) is 14.5. The monoisotopic (exact) mass is 289 g/mol. The van der Waals surface area contributed by atoms with Crippen molar-refractivity contribution in [2.24, 2.45) is 16.6 Å². The topological polar surface area (TPSA) is 119 Å². The average molecular weight is 289 g/mol. The van der Waals surface area contributed by atoms with E-state index < -0.39 is 0 Å². The van der Waals surface area contributed by atoms with Crippen molar-refractivity contribution in [1.82, 2.24) is 19.9 Å². The van der Waals surface area contributed by atoms with E-state index in [1.807, 2.05) is 13.0 Å². The van der Waals surface area contributed by atoms with Gasteiger partial charge in [0.1, 0.15) is 5.52 Å². The summed E-state index contributed by atoms with van der Waals surface area (Å²) in [5.74, 6) is 0.646. The quantitative estimate of drug-likeness (QED) is 0.567. The molecule has 2 aromatic rings. The lowest BCUT2D eigenvalue weighted by Gasteiger charge is -2.05. The van der Waals surface area contributed by atoms with Crippen LogP contribution in [0.3, 0.4) is 0 Å². The van der Waals surface area contributed by atoms with Crippen LogP contribution in [0.5, 0.6) is 0 Å². The number of anilines is 1. The second kappa shape index (κ2) is 6.20. The van der Waals surface area contributed by atoms with Gasteiger partial charge in [-0.25, -0.2) is 9.98 Å². The van der Waals surface area contributed by atoms with E-state index in [9.17, 15) is 0 Å². The van der Waals surface area contributed by atoms with Crippen molar-refractivity contribution in [2.75, 3.05) is 5.73 Å². The first-order valence-corrected chi connectivity index (χ1v) is 6.49. The molecule has 5 N–H and O–H groups in total. The summed E-state index contributed by atoms with van der Waals surface area (Å²) in [6.45, 7) is 2.02. The number of nitrogens with zero attached hydrogens (tertiary/aromatic N) is 4. The van der Waals surface area contributed by atoms with E-state index >= 15 is 0 Å². The second-order valence-corrected chi connectivity index (χ2v) is 4.56. The van der Waals surface area contributed by atoms with E-state index in [0.29, 0.717) is 22.0 Å². The maximum absolute atomic E-state index is 5.61. The third kappa shape index (κ3) is 3.15. The largest absolute Gasteiger partial charge is 0.393 e. The van der Waals surface area contributed by atoms with Crippen LogP contribution in [0.4, 0.5) is 11.8 Å². The van der Waals surface area contributed by atoms with E-state index in [0.717, 1.165) is 6.42 Å². The molecule has 20 heavy (non-hydrogen) atoms. The van der Waals surface area contributed by atoms with Crippen molar-refractivity contribution < 1.29 is 0 Å². The number of aliphatic imine (C=N–C) groups is 1.